The van der Waals surface area contributed by atoms with E-state index < -0.39 is 34.5 Å². The molecule has 2 aliphatic rings. The molecule has 0 saturated carbocycles. The van der Waals surface area contributed by atoms with Crippen LogP contribution in [0.2, 0.25) is 0 Å². The Morgan fingerprint density at radius 1 is 1.57 bits per heavy atom. The first kappa shape index (κ1) is 13.8. The van der Waals surface area contributed by atoms with Gasteiger partial charge in [0.25, 0.3) is 0 Å². The molecule has 3 rings (SSSR count). The Morgan fingerprint density at radius 3 is 2.90 bits per heavy atom. The van der Waals surface area contributed by atoms with E-state index in [1.54, 1.807) is 0 Å². The molecule has 1 saturated heterocycles. The maximum atomic E-state index is 12.2. The van der Waals surface area contributed by atoms with Gasteiger partial charge in [-0.15, -0.1) is 4.28 Å². The van der Waals surface area contributed by atoms with Crippen LogP contribution in [0.15, 0.2) is 6.20 Å². The minimum Gasteiger partial charge on any atom is -0.467 e. The molecule has 0 aromatic carbocycles. The van der Waals surface area contributed by atoms with E-state index in [-0.39, 0.29) is 12.2 Å². The maximum absolute atomic E-state index is 12.2. The summed E-state index contributed by atoms with van der Waals surface area (Å²) in [4.78, 5) is 25.1. The van der Waals surface area contributed by atoms with Crippen molar-refractivity contribution >= 4 is 22.4 Å². The van der Waals surface area contributed by atoms with E-state index in [4.69, 9.17) is 4.55 Å². The van der Waals surface area contributed by atoms with Gasteiger partial charge in [0.15, 0.2) is 6.04 Å². The van der Waals surface area contributed by atoms with Gasteiger partial charge >= 0.3 is 22.4 Å². The third-order valence-electron chi connectivity index (χ3n) is 3.32. The van der Waals surface area contributed by atoms with Crippen molar-refractivity contribution in [3.63, 3.8) is 0 Å². The number of nitrogens with zero attached hydrogens (tertiary/aromatic N) is 3. The second-order valence-electron chi connectivity index (χ2n) is 4.43. The Balaban J connectivity index is 2.06. The van der Waals surface area contributed by atoms with Gasteiger partial charge < -0.3 is 9.64 Å². The second-order valence-corrected chi connectivity index (χ2v) is 5.43. The largest absolute Gasteiger partial charge is 0.467 e. The summed E-state index contributed by atoms with van der Waals surface area (Å²) in [5, 5.41) is 6.93. The third kappa shape index (κ3) is 2.03. The maximum Gasteiger partial charge on any atom is 0.418 e. The molecule has 1 aromatic heterocycles. The average Bonchev–Trinajstić information content (AvgIpc) is 2.97. The average molecular weight is 318 g/mol. The van der Waals surface area contributed by atoms with Crippen molar-refractivity contribution in [3.8, 4) is 0 Å². The summed E-state index contributed by atoms with van der Waals surface area (Å²) in [6.45, 7) is 0.000648. The highest BCUT2D eigenvalue weighted by atomic mass is 32.3. The van der Waals surface area contributed by atoms with Crippen molar-refractivity contribution in [1.29, 1.82) is 0 Å². The number of ether oxygens (including phenoxy) is 1. The quantitative estimate of drug-likeness (QED) is 0.542. The van der Waals surface area contributed by atoms with Crippen molar-refractivity contribution in [2.24, 2.45) is 0 Å². The number of hydrogen-bond donors (Lipinski definition) is 2. The Hall–Kier alpha value is -2.18. The van der Waals surface area contributed by atoms with E-state index >= 15 is 0 Å². The van der Waals surface area contributed by atoms with Crippen LogP contribution in [0.4, 0.5) is 4.79 Å². The molecule has 2 atom stereocenters. The number of rotatable bonds is 3. The molecule has 0 spiro atoms. The lowest BCUT2D eigenvalue weighted by Crippen LogP contribution is -2.39. The second kappa shape index (κ2) is 4.41. The summed E-state index contributed by atoms with van der Waals surface area (Å²) >= 11 is 0. The fourth-order valence-electron chi connectivity index (χ4n) is 2.52. The molecule has 1 aromatic rings. The molecule has 2 N–H and O–H groups in total. The highest BCUT2D eigenvalue weighted by molar-refractivity contribution is 7.80. The molecule has 2 aliphatic heterocycles. The fourth-order valence-corrected chi connectivity index (χ4v) is 2.89. The molecule has 114 valence electrons. The fraction of sp³-hybridized carbons (Fsp3) is 0.444. The molecule has 0 aliphatic carbocycles. The normalized spacial score (nSPS) is 24.2. The van der Waals surface area contributed by atoms with Crippen LogP contribution in [0.5, 0.6) is 0 Å². The molecule has 2 bridgehead atoms. The smallest absolute Gasteiger partial charge is 0.418 e. The van der Waals surface area contributed by atoms with E-state index in [0.29, 0.717) is 10.6 Å². The standard InChI is InChI=1S/C9H10N4O7S/c1-19-8(14)7-6-4(2-10-11-6)5-3-12(7)9(15)13(5)20-21(16,17)18/h2,5,7H,3H2,1H3,(H,10,11)(H,16,17,18). The minimum atomic E-state index is -4.88. The van der Waals surface area contributed by atoms with Crippen LogP contribution in [-0.4, -0.2) is 58.8 Å². The Morgan fingerprint density at radius 2 is 2.29 bits per heavy atom. The monoisotopic (exact) mass is 318 g/mol. The number of aromatic nitrogens is 2. The van der Waals surface area contributed by atoms with Crippen molar-refractivity contribution in [2.75, 3.05) is 13.7 Å². The van der Waals surface area contributed by atoms with Gasteiger partial charge in [0.1, 0.15) is 11.7 Å². The third-order valence-corrected chi connectivity index (χ3v) is 3.67. The van der Waals surface area contributed by atoms with Gasteiger partial charge in [0.05, 0.1) is 13.7 Å². The summed E-state index contributed by atoms with van der Waals surface area (Å²) in [7, 11) is -3.72. The van der Waals surface area contributed by atoms with Crippen LogP contribution in [-0.2, 0) is 24.2 Å². The van der Waals surface area contributed by atoms with Crippen LogP contribution < -0.4 is 0 Å². The first-order valence-corrected chi connectivity index (χ1v) is 7.08. The van der Waals surface area contributed by atoms with Gasteiger partial charge in [0, 0.05) is 11.8 Å². The first-order valence-electron chi connectivity index (χ1n) is 5.71. The number of urea groups is 1. The van der Waals surface area contributed by atoms with E-state index in [1.807, 2.05) is 0 Å². The van der Waals surface area contributed by atoms with E-state index in [9.17, 15) is 18.0 Å². The van der Waals surface area contributed by atoms with Crippen LogP contribution in [0.25, 0.3) is 0 Å². The molecule has 2 amide bonds. The molecule has 2 unspecified atom stereocenters. The van der Waals surface area contributed by atoms with E-state index in [2.05, 4.69) is 19.2 Å². The van der Waals surface area contributed by atoms with Gasteiger partial charge in [-0.1, -0.05) is 0 Å². The highest BCUT2D eigenvalue weighted by Crippen LogP contribution is 2.43. The number of hydroxylamine groups is 2. The number of hydrogen-bond acceptors (Lipinski definition) is 7. The van der Waals surface area contributed by atoms with E-state index in [0.717, 1.165) is 12.0 Å². The topological polar surface area (TPSA) is 142 Å². The lowest BCUT2D eigenvalue weighted by molar-refractivity contribution is -0.146. The minimum absolute atomic E-state index is 0.000648. The summed E-state index contributed by atoms with van der Waals surface area (Å²) < 4.78 is 39.4. The number of carbonyl (C=O) groups is 2. The molecule has 3 heterocycles. The number of carbonyl (C=O) groups excluding carboxylic acids is 2. The predicted molar refractivity (Wildman–Crippen MR) is 62.7 cm³/mol. The van der Waals surface area contributed by atoms with E-state index in [1.165, 1.54) is 6.20 Å². The molecule has 11 nitrogen and oxygen atoms in total. The summed E-state index contributed by atoms with van der Waals surface area (Å²) in [5.41, 5.74) is 0.657. The van der Waals surface area contributed by atoms with Crippen LogP contribution in [0.3, 0.4) is 0 Å². The highest BCUT2D eigenvalue weighted by Gasteiger charge is 2.53. The summed E-state index contributed by atoms with van der Waals surface area (Å²) in [6.07, 6.45) is 1.42. The molecular formula is C9H10N4O7S. The SMILES string of the molecule is COC(=O)C1c2n[nH]cc2C2CN1C(=O)N2OS(=O)(=O)O. The zero-order valence-electron chi connectivity index (χ0n) is 10.6. The van der Waals surface area contributed by atoms with Crippen LogP contribution in [0, 0.1) is 0 Å². The number of aromatic amines is 1. The van der Waals surface area contributed by atoms with Crippen molar-refractivity contribution in [3.05, 3.63) is 17.5 Å². The lowest BCUT2D eigenvalue weighted by Gasteiger charge is -2.27. The number of fused-ring (bicyclic) bond motifs is 4. The molecule has 0 radical (unpaired) electrons. The molecule has 12 heteroatoms. The number of H-pyrrole nitrogens is 1. The van der Waals surface area contributed by atoms with Crippen molar-refractivity contribution < 1.29 is 31.6 Å². The lowest BCUT2D eigenvalue weighted by atomic mass is 9.98. The number of esters is 1. The summed E-state index contributed by atoms with van der Waals surface area (Å²) in [5.74, 6) is -0.719. The summed E-state index contributed by atoms with van der Waals surface area (Å²) in [6, 6.07) is -2.80. The Bertz CT molecular complexity index is 713. The van der Waals surface area contributed by atoms with Crippen molar-refractivity contribution in [1.82, 2.24) is 20.2 Å². The molecule has 1 fully saturated rings. The van der Waals surface area contributed by atoms with Crippen LogP contribution in [0.1, 0.15) is 23.3 Å². The van der Waals surface area contributed by atoms with Crippen molar-refractivity contribution in [2.45, 2.75) is 12.1 Å². The zero-order chi connectivity index (χ0) is 15.4. The van der Waals surface area contributed by atoms with Gasteiger partial charge in [-0.05, 0) is 0 Å². The van der Waals surface area contributed by atoms with Gasteiger partial charge in [-0.2, -0.15) is 18.6 Å². The zero-order valence-corrected chi connectivity index (χ0v) is 11.4. The van der Waals surface area contributed by atoms with Gasteiger partial charge in [0.2, 0.25) is 0 Å². The Labute approximate surface area is 118 Å². The first-order chi connectivity index (χ1) is 9.83. The predicted octanol–water partition coefficient (Wildman–Crippen LogP) is -0.849. The van der Waals surface area contributed by atoms with Crippen LogP contribution >= 0.6 is 0 Å². The number of amides is 2. The van der Waals surface area contributed by atoms with Gasteiger partial charge in [-0.3, -0.25) is 9.65 Å². The van der Waals surface area contributed by atoms with Gasteiger partial charge in [-0.25, -0.2) is 9.59 Å². The molecule has 21 heavy (non-hydrogen) atoms. The number of nitrogens with one attached hydrogen (secondary N) is 1. The Kier molecular flexibility index (Phi) is 2.89. The molecular weight excluding hydrogens is 308 g/mol. The number of methoxy groups -OCH3 is 1.